The first-order valence-corrected chi connectivity index (χ1v) is 7.16. The number of fused-ring (bicyclic) bond motifs is 1. The Morgan fingerprint density at radius 2 is 1.95 bits per heavy atom. The molecule has 0 bridgehead atoms. The van der Waals surface area contributed by atoms with Gasteiger partial charge in [-0.25, -0.2) is 4.98 Å². The van der Waals surface area contributed by atoms with E-state index >= 15 is 0 Å². The predicted molar refractivity (Wildman–Crippen MR) is 77.6 cm³/mol. The van der Waals surface area contributed by atoms with Gasteiger partial charge in [-0.05, 0) is 37.4 Å². The van der Waals surface area contributed by atoms with Crippen LogP contribution >= 0.6 is 0 Å². The molecule has 1 aromatic carbocycles. The minimum Gasteiger partial charge on any atom is -0.440 e. The maximum absolute atomic E-state index is 6.13. The lowest BCUT2D eigenvalue weighted by Gasteiger charge is -2.20. The summed E-state index contributed by atoms with van der Waals surface area (Å²) < 4.78 is 6.13. The van der Waals surface area contributed by atoms with E-state index in [9.17, 15) is 0 Å². The molecule has 2 heterocycles. The molecule has 0 amide bonds. The molecule has 1 aromatic heterocycles. The molecule has 3 nitrogen and oxygen atoms in total. The molecule has 102 valence electrons. The van der Waals surface area contributed by atoms with Crippen LogP contribution in [0, 0.1) is 0 Å². The van der Waals surface area contributed by atoms with E-state index in [0.717, 1.165) is 42.9 Å². The average molecular weight is 258 g/mol. The molecule has 1 fully saturated rings. The number of hydrogen-bond acceptors (Lipinski definition) is 3. The van der Waals surface area contributed by atoms with Gasteiger partial charge in [0.05, 0.1) is 0 Å². The van der Waals surface area contributed by atoms with E-state index in [1.54, 1.807) is 0 Å². The zero-order valence-electron chi connectivity index (χ0n) is 12.0. The highest BCUT2D eigenvalue weighted by molar-refractivity contribution is 5.77. The smallest absolute Gasteiger partial charge is 0.198 e. The third-order valence-corrected chi connectivity index (χ3v) is 3.93. The Bertz CT molecular complexity index is 574. The van der Waals surface area contributed by atoms with Crippen LogP contribution in [0.2, 0.25) is 0 Å². The van der Waals surface area contributed by atoms with Crippen molar-refractivity contribution >= 4 is 11.1 Å². The summed E-state index contributed by atoms with van der Waals surface area (Å²) in [7, 11) is 0. The van der Waals surface area contributed by atoms with Gasteiger partial charge in [-0.15, -0.1) is 0 Å². The van der Waals surface area contributed by atoms with E-state index in [-0.39, 0.29) is 5.41 Å². The molecule has 0 spiro atoms. The van der Waals surface area contributed by atoms with Crippen LogP contribution in [0.1, 0.15) is 51.0 Å². The second kappa shape index (κ2) is 4.64. The van der Waals surface area contributed by atoms with E-state index < -0.39 is 0 Å². The molecular formula is C16H22N2O. The Kier molecular flexibility index (Phi) is 3.09. The van der Waals surface area contributed by atoms with Gasteiger partial charge in [-0.3, -0.25) is 0 Å². The first kappa shape index (κ1) is 12.7. The Labute approximate surface area is 114 Å². The summed E-state index contributed by atoms with van der Waals surface area (Å²) in [6.45, 7) is 8.78. The van der Waals surface area contributed by atoms with E-state index in [2.05, 4.69) is 44.3 Å². The lowest BCUT2D eigenvalue weighted by Crippen LogP contribution is -2.26. The number of benzene rings is 1. The van der Waals surface area contributed by atoms with Crippen LogP contribution < -0.4 is 5.32 Å². The summed E-state index contributed by atoms with van der Waals surface area (Å²) >= 11 is 0. The molecule has 1 saturated heterocycles. The van der Waals surface area contributed by atoms with Crippen LogP contribution in [0.5, 0.6) is 0 Å². The van der Waals surface area contributed by atoms with E-state index in [0.29, 0.717) is 5.92 Å². The van der Waals surface area contributed by atoms with Gasteiger partial charge >= 0.3 is 0 Å². The van der Waals surface area contributed by atoms with Crippen LogP contribution in [-0.4, -0.2) is 18.1 Å². The van der Waals surface area contributed by atoms with Crippen LogP contribution in [0.15, 0.2) is 22.6 Å². The fourth-order valence-electron chi connectivity index (χ4n) is 2.80. The number of aromatic nitrogens is 1. The number of nitrogens with one attached hydrogen (secondary N) is 1. The Morgan fingerprint density at radius 3 is 2.63 bits per heavy atom. The number of nitrogens with zero attached hydrogens (tertiary/aromatic N) is 1. The zero-order chi connectivity index (χ0) is 13.5. The second-order valence-corrected chi connectivity index (χ2v) is 6.48. The molecule has 2 aromatic rings. The summed E-state index contributed by atoms with van der Waals surface area (Å²) in [5.74, 6) is 1.40. The molecular weight excluding hydrogens is 236 g/mol. The monoisotopic (exact) mass is 258 g/mol. The number of hydrogen-bond donors (Lipinski definition) is 1. The molecule has 0 unspecified atom stereocenters. The molecule has 0 saturated carbocycles. The highest BCUT2D eigenvalue weighted by Crippen LogP contribution is 2.33. The highest BCUT2D eigenvalue weighted by atomic mass is 16.3. The first-order chi connectivity index (χ1) is 9.05. The zero-order valence-corrected chi connectivity index (χ0v) is 12.0. The van der Waals surface area contributed by atoms with Crippen LogP contribution in [0.4, 0.5) is 0 Å². The van der Waals surface area contributed by atoms with E-state index in [4.69, 9.17) is 9.40 Å². The molecule has 0 radical (unpaired) electrons. The molecule has 1 aliphatic rings. The maximum Gasteiger partial charge on any atom is 0.198 e. The molecule has 3 rings (SSSR count). The fraction of sp³-hybridized carbons (Fsp3) is 0.562. The Balaban J connectivity index is 2.05. The number of para-hydroxylation sites is 1. The minimum atomic E-state index is 0.0877. The maximum atomic E-state index is 6.13. The first-order valence-electron chi connectivity index (χ1n) is 7.16. The van der Waals surface area contributed by atoms with Crippen molar-refractivity contribution in [1.82, 2.24) is 10.3 Å². The summed E-state index contributed by atoms with van der Waals surface area (Å²) in [4.78, 5) is 4.72. The highest BCUT2D eigenvalue weighted by Gasteiger charge is 2.24. The van der Waals surface area contributed by atoms with Crippen molar-refractivity contribution in [3.8, 4) is 0 Å². The number of oxazole rings is 1. The van der Waals surface area contributed by atoms with Crippen LogP contribution in [0.3, 0.4) is 0 Å². The Hall–Kier alpha value is -1.35. The van der Waals surface area contributed by atoms with E-state index in [1.807, 2.05) is 0 Å². The lowest BCUT2D eigenvalue weighted by atomic mass is 9.86. The predicted octanol–water partition coefficient (Wildman–Crippen LogP) is 3.59. The third kappa shape index (κ3) is 2.39. The van der Waals surface area contributed by atoms with Crippen molar-refractivity contribution in [2.45, 2.75) is 44.9 Å². The summed E-state index contributed by atoms with van der Waals surface area (Å²) in [5.41, 5.74) is 3.31. The van der Waals surface area contributed by atoms with Gasteiger partial charge in [-0.2, -0.15) is 0 Å². The molecule has 0 aliphatic carbocycles. The standard InChI is InChI=1S/C16H22N2O/c1-16(2,3)12-5-4-6-13-14(12)19-15(18-13)11-7-9-17-10-8-11/h4-6,11,17H,7-10H2,1-3H3. The van der Waals surface area contributed by atoms with Gasteiger partial charge in [0.15, 0.2) is 11.5 Å². The lowest BCUT2D eigenvalue weighted by molar-refractivity contribution is 0.383. The Morgan fingerprint density at radius 1 is 1.21 bits per heavy atom. The van der Waals surface area contributed by atoms with Crippen LogP contribution in [0.25, 0.3) is 11.1 Å². The fourth-order valence-corrected chi connectivity index (χ4v) is 2.80. The van der Waals surface area contributed by atoms with Gasteiger partial charge in [0.1, 0.15) is 5.52 Å². The quantitative estimate of drug-likeness (QED) is 0.849. The van der Waals surface area contributed by atoms with Gasteiger partial charge < -0.3 is 9.73 Å². The number of rotatable bonds is 1. The van der Waals surface area contributed by atoms with Crippen molar-refractivity contribution in [1.29, 1.82) is 0 Å². The van der Waals surface area contributed by atoms with Crippen molar-refractivity contribution in [3.63, 3.8) is 0 Å². The molecule has 1 aliphatic heterocycles. The number of piperidine rings is 1. The summed E-state index contributed by atoms with van der Waals surface area (Å²) in [6.07, 6.45) is 2.25. The molecule has 0 atom stereocenters. The van der Waals surface area contributed by atoms with Crippen molar-refractivity contribution in [2.24, 2.45) is 0 Å². The minimum absolute atomic E-state index is 0.0877. The van der Waals surface area contributed by atoms with Gasteiger partial charge in [0.25, 0.3) is 0 Å². The van der Waals surface area contributed by atoms with Gasteiger partial charge in [-0.1, -0.05) is 32.9 Å². The topological polar surface area (TPSA) is 38.1 Å². The normalized spacial score (nSPS) is 18.1. The van der Waals surface area contributed by atoms with Gasteiger partial charge in [0, 0.05) is 11.5 Å². The SMILES string of the molecule is CC(C)(C)c1cccc2nc(C3CCNCC3)oc12. The molecule has 1 N–H and O–H groups in total. The average Bonchev–Trinajstić information content (AvgIpc) is 2.82. The van der Waals surface area contributed by atoms with Crippen molar-refractivity contribution < 1.29 is 4.42 Å². The molecule has 3 heteroatoms. The van der Waals surface area contributed by atoms with Crippen molar-refractivity contribution in [3.05, 3.63) is 29.7 Å². The summed E-state index contributed by atoms with van der Waals surface area (Å²) in [6, 6.07) is 6.29. The van der Waals surface area contributed by atoms with Crippen molar-refractivity contribution in [2.75, 3.05) is 13.1 Å². The van der Waals surface area contributed by atoms with E-state index in [1.165, 1.54) is 5.56 Å². The van der Waals surface area contributed by atoms with Crippen LogP contribution in [-0.2, 0) is 5.41 Å². The third-order valence-electron chi connectivity index (χ3n) is 3.93. The molecule has 19 heavy (non-hydrogen) atoms. The second-order valence-electron chi connectivity index (χ2n) is 6.48. The largest absolute Gasteiger partial charge is 0.440 e. The summed E-state index contributed by atoms with van der Waals surface area (Å²) in [5, 5.41) is 3.38. The van der Waals surface area contributed by atoms with Gasteiger partial charge in [0.2, 0.25) is 0 Å².